The van der Waals surface area contributed by atoms with Crippen molar-refractivity contribution in [2.45, 2.75) is 12.5 Å². The highest BCUT2D eigenvalue weighted by molar-refractivity contribution is 5.28. The topological polar surface area (TPSA) is 36.5 Å². The molecule has 1 heterocycles. The van der Waals surface area contributed by atoms with Gasteiger partial charge >= 0.3 is 0 Å². The number of piperazine rings is 1. The maximum absolute atomic E-state index is 5.23. The first-order chi connectivity index (χ1) is 9.28. The van der Waals surface area contributed by atoms with Crippen molar-refractivity contribution < 1.29 is 4.74 Å². The molecule has 1 aliphatic heterocycles. The Labute approximate surface area is 116 Å². The zero-order valence-corrected chi connectivity index (χ0v) is 12.0. The number of nitrogens with zero attached hydrogens (tertiary/aromatic N) is 1. The Balaban J connectivity index is 1.66. The van der Waals surface area contributed by atoms with Crippen molar-refractivity contribution in [2.24, 2.45) is 0 Å². The lowest BCUT2D eigenvalue weighted by atomic mass is 10.1. The lowest BCUT2D eigenvalue weighted by molar-refractivity contribution is 0.235. The largest absolute Gasteiger partial charge is 0.497 e. The van der Waals surface area contributed by atoms with Crippen LogP contribution in [0.15, 0.2) is 24.3 Å². The second kappa shape index (κ2) is 7.48. The molecule has 106 valence electrons. The van der Waals surface area contributed by atoms with Gasteiger partial charge < -0.3 is 20.3 Å². The number of hydrogen-bond donors (Lipinski definition) is 2. The van der Waals surface area contributed by atoms with E-state index < -0.39 is 0 Å². The molecule has 4 heteroatoms. The first kappa shape index (κ1) is 14.3. The zero-order chi connectivity index (χ0) is 13.5. The SMILES string of the molecule is COc1cccc(CCNCC2CN(C)CCN2)c1. The van der Waals surface area contributed by atoms with E-state index in [-0.39, 0.29) is 0 Å². The number of nitrogens with one attached hydrogen (secondary N) is 2. The van der Waals surface area contributed by atoms with Gasteiger partial charge in [-0.05, 0) is 37.7 Å². The molecule has 0 aliphatic carbocycles. The van der Waals surface area contributed by atoms with Crippen LogP contribution in [0.5, 0.6) is 5.75 Å². The maximum atomic E-state index is 5.23. The summed E-state index contributed by atoms with van der Waals surface area (Å²) in [5, 5.41) is 7.07. The first-order valence-electron chi connectivity index (χ1n) is 7.03. The van der Waals surface area contributed by atoms with Crippen molar-refractivity contribution in [3.8, 4) is 5.75 Å². The average Bonchev–Trinajstić information content (AvgIpc) is 2.44. The third-order valence-electron chi connectivity index (χ3n) is 3.57. The Morgan fingerprint density at radius 2 is 2.37 bits per heavy atom. The van der Waals surface area contributed by atoms with Crippen LogP contribution in [-0.2, 0) is 6.42 Å². The molecule has 1 fully saturated rings. The third-order valence-corrected chi connectivity index (χ3v) is 3.57. The van der Waals surface area contributed by atoms with Crippen molar-refractivity contribution in [1.82, 2.24) is 15.5 Å². The molecule has 0 saturated carbocycles. The molecule has 1 aromatic carbocycles. The minimum atomic E-state index is 0.573. The number of rotatable bonds is 6. The minimum absolute atomic E-state index is 0.573. The molecule has 1 aliphatic rings. The Bertz CT molecular complexity index is 383. The molecular formula is C15H25N3O. The van der Waals surface area contributed by atoms with Crippen LogP contribution in [0.1, 0.15) is 5.56 Å². The van der Waals surface area contributed by atoms with Crippen LogP contribution in [0, 0.1) is 0 Å². The van der Waals surface area contributed by atoms with Gasteiger partial charge in [0.15, 0.2) is 0 Å². The van der Waals surface area contributed by atoms with Crippen LogP contribution >= 0.6 is 0 Å². The number of methoxy groups -OCH3 is 1. The Morgan fingerprint density at radius 1 is 1.47 bits per heavy atom. The zero-order valence-electron chi connectivity index (χ0n) is 12.0. The summed E-state index contributed by atoms with van der Waals surface area (Å²) >= 11 is 0. The van der Waals surface area contributed by atoms with E-state index in [1.165, 1.54) is 5.56 Å². The van der Waals surface area contributed by atoms with Crippen LogP contribution in [0.4, 0.5) is 0 Å². The predicted molar refractivity (Wildman–Crippen MR) is 78.9 cm³/mol. The number of benzene rings is 1. The van der Waals surface area contributed by atoms with Gasteiger partial charge in [0.2, 0.25) is 0 Å². The van der Waals surface area contributed by atoms with E-state index in [2.05, 4.69) is 34.7 Å². The van der Waals surface area contributed by atoms with Gasteiger partial charge in [0.25, 0.3) is 0 Å². The molecule has 0 amide bonds. The average molecular weight is 263 g/mol. The molecule has 4 nitrogen and oxygen atoms in total. The summed E-state index contributed by atoms with van der Waals surface area (Å²) in [6.45, 7) is 5.43. The molecule has 1 atom stereocenters. The van der Waals surface area contributed by atoms with Gasteiger partial charge in [0.1, 0.15) is 5.75 Å². The van der Waals surface area contributed by atoms with E-state index in [0.717, 1.165) is 44.9 Å². The van der Waals surface area contributed by atoms with E-state index in [0.29, 0.717) is 6.04 Å². The minimum Gasteiger partial charge on any atom is -0.497 e. The van der Waals surface area contributed by atoms with Gasteiger partial charge in [-0.2, -0.15) is 0 Å². The van der Waals surface area contributed by atoms with Crippen LogP contribution in [-0.4, -0.2) is 57.8 Å². The normalized spacial score (nSPS) is 20.4. The summed E-state index contributed by atoms with van der Waals surface area (Å²) in [4.78, 5) is 2.38. The lowest BCUT2D eigenvalue weighted by Gasteiger charge is -2.31. The van der Waals surface area contributed by atoms with Crippen molar-refractivity contribution in [2.75, 3.05) is 46.9 Å². The van der Waals surface area contributed by atoms with E-state index in [1.54, 1.807) is 7.11 Å². The molecule has 0 aromatic heterocycles. The second-order valence-electron chi connectivity index (χ2n) is 5.22. The van der Waals surface area contributed by atoms with E-state index in [1.807, 2.05) is 12.1 Å². The molecule has 0 radical (unpaired) electrons. The van der Waals surface area contributed by atoms with Gasteiger partial charge in [-0.1, -0.05) is 12.1 Å². The quantitative estimate of drug-likeness (QED) is 0.742. The van der Waals surface area contributed by atoms with Crippen LogP contribution in [0.2, 0.25) is 0 Å². The highest BCUT2D eigenvalue weighted by Gasteiger charge is 2.15. The fraction of sp³-hybridized carbons (Fsp3) is 0.600. The van der Waals surface area contributed by atoms with Gasteiger partial charge in [0, 0.05) is 32.2 Å². The predicted octanol–water partition coefficient (Wildman–Crippen LogP) is 0.731. The molecular weight excluding hydrogens is 238 g/mol. The summed E-state index contributed by atoms with van der Waals surface area (Å²) in [7, 11) is 3.90. The van der Waals surface area contributed by atoms with Crippen molar-refractivity contribution in [3.05, 3.63) is 29.8 Å². The molecule has 2 N–H and O–H groups in total. The molecule has 19 heavy (non-hydrogen) atoms. The third kappa shape index (κ3) is 4.82. The van der Waals surface area contributed by atoms with Crippen molar-refractivity contribution >= 4 is 0 Å². The van der Waals surface area contributed by atoms with Crippen LogP contribution < -0.4 is 15.4 Å². The molecule has 1 aromatic rings. The lowest BCUT2D eigenvalue weighted by Crippen LogP contribution is -2.53. The smallest absolute Gasteiger partial charge is 0.119 e. The van der Waals surface area contributed by atoms with Gasteiger partial charge in [-0.25, -0.2) is 0 Å². The molecule has 1 saturated heterocycles. The number of hydrogen-bond acceptors (Lipinski definition) is 4. The summed E-state index contributed by atoms with van der Waals surface area (Å²) in [6, 6.07) is 8.86. The maximum Gasteiger partial charge on any atom is 0.119 e. The standard InChI is InChI=1S/C15H25N3O/c1-18-9-8-17-14(12-18)11-16-7-6-13-4-3-5-15(10-13)19-2/h3-5,10,14,16-17H,6-9,11-12H2,1-2H3. The first-order valence-corrected chi connectivity index (χ1v) is 7.03. The highest BCUT2D eigenvalue weighted by atomic mass is 16.5. The van der Waals surface area contributed by atoms with Gasteiger partial charge in [-0.15, -0.1) is 0 Å². The number of likely N-dealkylation sites (N-methyl/N-ethyl adjacent to an activating group) is 1. The summed E-state index contributed by atoms with van der Waals surface area (Å²) < 4.78 is 5.23. The van der Waals surface area contributed by atoms with Crippen molar-refractivity contribution in [1.29, 1.82) is 0 Å². The highest BCUT2D eigenvalue weighted by Crippen LogP contribution is 2.12. The van der Waals surface area contributed by atoms with Crippen molar-refractivity contribution in [3.63, 3.8) is 0 Å². The monoisotopic (exact) mass is 263 g/mol. The second-order valence-corrected chi connectivity index (χ2v) is 5.22. The van der Waals surface area contributed by atoms with E-state index >= 15 is 0 Å². The summed E-state index contributed by atoms with van der Waals surface area (Å²) in [5.41, 5.74) is 1.32. The molecule has 1 unspecified atom stereocenters. The summed E-state index contributed by atoms with van der Waals surface area (Å²) in [6.07, 6.45) is 1.04. The van der Waals surface area contributed by atoms with E-state index in [4.69, 9.17) is 4.74 Å². The van der Waals surface area contributed by atoms with Gasteiger partial charge in [0.05, 0.1) is 7.11 Å². The van der Waals surface area contributed by atoms with Crippen LogP contribution in [0.3, 0.4) is 0 Å². The van der Waals surface area contributed by atoms with E-state index in [9.17, 15) is 0 Å². The number of ether oxygens (including phenoxy) is 1. The summed E-state index contributed by atoms with van der Waals surface area (Å²) in [5.74, 6) is 0.938. The Morgan fingerprint density at radius 3 is 3.16 bits per heavy atom. The Kier molecular flexibility index (Phi) is 5.63. The fourth-order valence-corrected chi connectivity index (χ4v) is 2.47. The molecule has 0 bridgehead atoms. The molecule has 2 rings (SSSR count). The fourth-order valence-electron chi connectivity index (χ4n) is 2.47. The molecule has 0 spiro atoms. The van der Waals surface area contributed by atoms with Crippen LogP contribution in [0.25, 0.3) is 0 Å². The Hall–Kier alpha value is -1.10. The van der Waals surface area contributed by atoms with Gasteiger partial charge in [-0.3, -0.25) is 0 Å².